The number of piperazine rings is 1. The van der Waals surface area contributed by atoms with Crippen molar-refractivity contribution in [2.24, 2.45) is 0 Å². The first-order chi connectivity index (χ1) is 32.4. The van der Waals surface area contributed by atoms with Crippen molar-refractivity contribution in [2.45, 2.75) is 82.8 Å². The molecule has 4 aliphatic heterocycles. The number of para-hydroxylation sites is 1. The monoisotopic (exact) mass is 947 g/mol. The van der Waals surface area contributed by atoms with Crippen molar-refractivity contribution >= 4 is 76.5 Å². The first-order valence-corrected chi connectivity index (χ1v) is 26.3. The number of benzene rings is 3. The van der Waals surface area contributed by atoms with Crippen molar-refractivity contribution in [1.29, 1.82) is 0 Å². The number of anilines is 5. The van der Waals surface area contributed by atoms with Gasteiger partial charge in [0.1, 0.15) is 24.0 Å². The lowest BCUT2D eigenvalue weighted by Crippen LogP contribution is -2.54. The molecule has 0 aliphatic carbocycles. The highest BCUT2D eigenvalue weighted by molar-refractivity contribution is 7.70. The van der Waals surface area contributed by atoms with Gasteiger partial charge in [-0.3, -0.25) is 29.4 Å². The van der Waals surface area contributed by atoms with Gasteiger partial charge in [-0.05, 0) is 87.4 Å². The standard InChI is InChI=1S/C50H59ClN9O6P/c1-66-43-31-36(19-20-40(43)54-50-52-32-39(51)47(56-50)53-41-16-10-11-17-44(41)67(2,3)65)57-25-23-35(24-26-57)58-27-29-59(30-28-58)46(62)18-9-7-5-4-6-8-13-34-14-12-15-37-38(34)33-60(49(37)64)42-21-22-45(61)55-48(42)63/h10-12,14-17,19-20,31-32,35,42H,4-7,9,18,21-30,33H2,1-3H3,(H,55,61,63)(H2,52,53,54,56). The quantitative estimate of drug-likeness (QED) is 0.0478. The number of amides is 4. The molecule has 0 radical (unpaired) electrons. The number of hydrogen-bond donors (Lipinski definition) is 3. The molecule has 3 fully saturated rings. The van der Waals surface area contributed by atoms with E-state index in [0.29, 0.717) is 70.2 Å². The molecule has 1 aromatic heterocycles. The number of methoxy groups -OCH3 is 1. The largest absolute Gasteiger partial charge is 0.494 e. The maximum atomic E-state index is 13.1. The maximum Gasteiger partial charge on any atom is 0.255 e. The van der Waals surface area contributed by atoms with E-state index in [9.17, 15) is 23.7 Å². The Bertz CT molecular complexity index is 2610. The smallest absolute Gasteiger partial charge is 0.255 e. The van der Waals surface area contributed by atoms with Gasteiger partial charge < -0.3 is 34.6 Å². The summed E-state index contributed by atoms with van der Waals surface area (Å²) in [5, 5.41) is 9.92. The zero-order chi connectivity index (χ0) is 47.1. The first-order valence-electron chi connectivity index (χ1n) is 23.3. The number of unbranched alkanes of at least 4 members (excludes halogenated alkanes) is 4. The van der Waals surface area contributed by atoms with E-state index in [1.807, 2.05) is 53.4 Å². The molecule has 4 amide bonds. The Kier molecular flexibility index (Phi) is 15.2. The van der Waals surface area contributed by atoms with Crippen molar-refractivity contribution in [3.05, 3.63) is 88.6 Å². The number of piperidine rings is 2. The zero-order valence-corrected chi connectivity index (χ0v) is 40.1. The van der Waals surface area contributed by atoms with Crippen LogP contribution in [0, 0.1) is 11.8 Å². The molecule has 17 heteroatoms. The van der Waals surface area contributed by atoms with Gasteiger partial charge >= 0.3 is 0 Å². The molecule has 0 saturated carbocycles. The summed E-state index contributed by atoms with van der Waals surface area (Å²) in [6.07, 6.45) is 9.23. The van der Waals surface area contributed by atoms with E-state index >= 15 is 0 Å². The fourth-order valence-electron chi connectivity index (χ4n) is 9.48. The minimum atomic E-state index is -2.55. The highest BCUT2D eigenvalue weighted by atomic mass is 35.5. The highest BCUT2D eigenvalue weighted by Crippen LogP contribution is 2.39. The number of nitrogens with zero attached hydrogens (tertiary/aromatic N) is 6. The van der Waals surface area contributed by atoms with Gasteiger partial charge in [-0.1, -0.05) is 54.5 Å². The summed E-state index contributed by atoms with van der Waals surface area (Å²) in [5.41, 5.74) is 4.69. The third-order valence-corrected chi connectivity index (χ3v) is 15.0. The molecular formula is C50H59ClN9O6P. The van der Waals surface area contributed by atoms with Gasteiger partial charge in [0, 0.05) is 99.3 Å². The molecule has 3 aromatic carbocycles. The third-order valence-electron chi connectivity index (χ3n) is 13.2. The Morgan fingerprint density at radius 2 is 1.69 bits per heavy atom. The molecule has 0 spiro atoms. The number of fused-ring (bicyclic) bond motifs is 1. The number of nitrogens with one attached hydrogen (secondary N) is 3. The number of ether oxygens (including phenoxy) is 1. The van der Waals surface area contributed by atoms with Crippen LogP contribution in [0.4, 0.5) is 28.8 Å². The molecule has 1 atom stereocenters. The molecule has 67 heavy (non-hydrogen) atoms. The molecule has 0 bridgehead atoms. The minimum absolute atomic E-state index is 0.193. The van der Waals surface area contributed by atoms with Crippen LogP contribution in [-0.2, 0) is 25.5 Å². The third kappa shape index (κ3) is 11.4. The lowest BCUT2D eigenvalue weighted by molar-refractivity contribution is -0.137. The van der Waals surface area contributed by atoms with Crippen molar-refractivity contribution in [3.8, 4) is 17.6 Å². The summed E-state index contributed by atoms with van der Waals surface area (Å²) in [5.74, 6) is 7.24. The van der Waals surface area contributed by atoms with E-state index in [1.165, 1.54) is 6.20 Å². The van der Waals surface area contributed by atoms with Crippen molar-refractivity contribution in [2.75, 3.05) is 75.2 Å². The van der Waals surface area contributed by atoms with E-state index in [1.54, 1.807) is 31.4 Å². The van der Waals surface area contributed by atoms with Crippen LogP contribution in [-0.4, -0.2) is 120 Å². The predicted molar refractivity (Wildman–Crippen MR) is 263 cm³/mol. The summed E-state index contributed by atoms with van der Waals surface area (Å²) in [7, 11) is -0.909. The topological polar surface area (TPSA) is 169 Å². The number of carbonyl (C=O) groups excluding carboxylic acids is 4. The summed E-state index contributed by atoms with van der Waals surface area (Å²) in [6.45, 7) is 8.94. The van der Waals surface area contributed by atoms with Crippen LogP contribution in [0.3, 0.4) is 0 Å². The molecule has 4 aromatic rings. The Balaban J connectivity index is 0.731. The normalized spacial score (nSPS) is 18.0. The van der Waals surface area contributed by atoms with Gasteiger partial charge in [-0.2, -0.15) is 4.98 Å². The van der Waals surface area contributed by atoms with Crippen LogP contribution in [0.15, 0.2) is 66.9 Å². The van der Waals surface area contributed by atoms with E-state index in [-0.39, 0.29) is 24.1 Å². The molecule has 8 rings (SSSR count). The summed E-state index contributed by atoms with van der Waals surface area (Å²) in [4.78, 5) is 67.9. The van der Waals surface area contributed by atoms with Gasteiger partial charge in [0.15, 0.2) is 5.82 Å². The van der Waals surface area contributed by atoms with Gasteiger partial charge in [0.25, 0.3) is 5.91 Å². The SMILES string of the molecule is COc1cc(N2CCC(N3CCN(C(=O)CCCCCCC#Cc4cccc5c4CN(C4CCC(=O)NC4=O)C5=O)CC3)CC2)ccc1Nc1ncc(Cl)c(Nc2ccccc2P(C)(C)=O)n1. The number of rotatable bonds is 15. The fraction of sp³-hybridized carbons (Fsp3) is 0.440. The molecule has 3 saturated heterocycles. The Morgan fingerprint density at radius 3 is 2.45 bits per heavy atom. The van der Waals surface area contributed by atoms with Crippen LogP contribution in [0.5, 0.6) is 5.75 Å². The summed E-state index contributed by atoms with van der Waals surface area (Å²) in [6, 6.07) is 18.9. The molecule has 4 aliphatic rings. The Hall–Kier alpha value is -5.94. The number of aromatic nitrogens is 2. The lowest BCUT2D eigenvalue weighted by atomic mass is 10.0. The average Bonchev–Trinajstić information content (AvgIpc) is 3.66. The number of hydrogen-bond acceptors (Lipinski definition) is 12. The van der Waals surface area contributed by atoms with Crippen molar-refractivity contribution < 1.29 is 28.5 Å². The maximum absolute atomic E-state index is 13.1. The summed E-state index contributed by atoms with van der Waals surface area (Å²) < 4.78 is 18.7. The second-order valence-corrected chi connectivity index (χ2v) is 21.6. The first kappa shape index (κ1) is 47.5. The van der Waals surface area contributed by atoms with Gasteiger partial charge in [-0.25, -0.2) is 4.98 Å². The second-order valence-electron chi connectivity index (χ2n) is 18.0. The lowest BCUT2D eigenvalue weighted by Gasteiger charge is -2.43. The molecule has 5 heterocycles. The van der Waals surface area contributed by atoms with Crippen LogP contribution >= 0.6 is 18.7 Å². The van der Waals surface area contributed by atoms with Gasteiger partial charge in [0.2, 0.25) is 23.7 Å². The van der Waals surface area contributed by atoms with Crippen LogP contribution in [0.25, 0.3) is 0 Å². The van der Waals surface area contributed by atoms with Gasteiger partial charge in [-0.15, -0.1) is 0 Å². The molecule has 3 N–H and O–H groups in total. The minimum Gasteiger partial charge on any atom is -0.494 e. The average molecular weight is 949 g/mol. The van der Waals surface area contributed by atoms with E-state index in [2.05, 4.69) is 53.6 Å². The van der Waals surface area contributed by atoms with Crippen LogP contribution < -0.4 is 30.9 Å². The number of carbonyl (C=O) groups is 4. The Labute approximate surface area is 397 Å². The summed E-state index contributed by atoms with van der Waals surface area (Å²) >= 11 is 6.49. The van der Waals surface area contributed by atoms with Crippen LogP contribution in [0.2, 0.25) is 5.02 Å². The zero-order valence-electron chi connectivity index (χ0n) is 38.5. The fourth-order valence-corrected chi connectivity index (χ4v) is 10.8. The highest BCUT2D eigenvalue weighted by Gasteiger charge is 2.40. The van der Waals surface area contributed by atoms with Gasteiger partial charge in [0.05, 0.1) is 24.7 Å². The number of halogens is 1. The van der Waals surface area contributed by atoms with Crippen molar-refractivity contribution in [1.82, 2.24) is 30.0 Å². The van der Waals surface area contributed by atoms with E-state index in [0.717, 1.165) is 101 Å². The predicted octanol–water partition coefficient (Wildman–Crippen LogP) is 7.14. The van der Waals surface area contributed by atoms with Crippen LogP contribution in [0.1, 0.15) is 85.7 Å². The molecular weight excluding hydrogens is 889 g/mol. The van der Waals surface area contributed by atoms with Crippen molar-refractivity contribution in [3.63, 3.8) is 0 Å². The molecule has 15 nitrogen and oxygen atoms in total. The van der Waals surface area contributed by atoms with E-state index < -0.39 is 19.1 Å². The molecule has 1 unspecified atom stereocenters. The Morgan fingerprint density at radius 1 is 0.910 bits per heavy atom. The number of imide groups is 1. The second kappa shape index (κ2) is 21.3. The molecule has 352 valence electrons. The van der Waals surface area contributed by atoms with E-state index in [4.69, 9.17) is 16.3 Å².